The Morgan fingerprint density at radius 3 is 1.55 bits per heavy atom. The summed E-state index contributed by atoms with van der Waals surface area (Å²) < 4.78 is 26.7. The van der Waals surface area contributed by atoms with E-state index in [1.54, 1.807) is 0 Å². The van der Waals surface area contributed by atoms with Crippen LogP contribution in [0.15, 0.2) is 0 Å². The maximum absolute atomic E-state index is 8.89. The number of hydrogen-bond acceptors (Lipinski definition) is 6. The van der Waals surface area contributed by atoms with Gasteiger partial charge in [-0.05, 0) is 11.2 Å². The molecule has 0 saturated heterocycles. The molecule has 0 heterocycles. The summed E-state index contributed by atoms with van der Waals surface area (Å²) in [6.45, 7) is 0.184. The zero-order chi connectivity index (χ0) is 7.91. The average molecular weight is 236 g/mol. The van der Waals surface area contributed by atoms with Crippen LogP contribution in [-0.2, 0) is 20.2 Å². The molecule has 11 heavy (non-hydrogen) atoms. The number of rotatable bonds is 1. The maximum atomic E-state index is 8.89. The van der Waals surface area contributed by atoms with E-state index in [1.807, 2.05) is 0 Å². The minimum absolute atomic E-state index is 0. The van der Waals surface area contributed by atoms with Crippen LogP contribution in [0.25, 0.3) is 0 Å². The molecule has 4 nitrogen and oxygen atoms in total. The Bertz CT molecular complexity index is 124. The molecule has 58 valence electrons. The van der Waals surface area contributed by atoms with Gasteiger partial charge in [-0.15, -0.1) is 9.05 Å². The second-order valence-electron chi connectivity index (χ2n) is 0.855. The predicted octanol–water partition coefficient (Wildman–Crippen LogP) is -7.09. The van der Waals surface area contributed by atoms with Gasteiger partial charge < -0.3 is 14.2 Å². The average Bonchev–Trinajstić information content (AvgIpc) is 1.61. The van der Waals surface area contributed by atoms with Gasteiger partial charge in [-0.2, -0.15) is 12.6 Å². The summed E-state index contributed by atoms with van der Waals surface area (Å²) in [5.41, 5.74) is 0. The molecule has 0 rings (SSSR count). The molecule has 0 unspecified atom stereocenters. The molecule has 0 saturated carbocycles. The molecular weight excluding hydrogens is 230 g/mol. The first kappa shape index (κ1) is 23.4. The van der Waals surface area contributed by atoms with Crippen LogP contribution in [0.3, 0.4) is 0 Å². The zero-order valence-corrected chi connectivity index (χ0v) is 12.9. The summed E-state index contributed by atoms with van der Waals surface area (Å²) in [7, 11) is -4.33. The summed E-state index contributed by atoms with van der Waals surface area (Å²) >= 11 is 6.91. The van der Waals surface area contributed by atoms with Crippen molar-refractivity contribution in [3.05, 3.63) is 0 Å². The van der Waals surface area contributed by atoms with Gasteiger partial charge >= 0.3 is 59.1 Å². The first-order chi connectivity index (χ1) is 3.91. The van der Waals surface area contributed by atoms with Crippen molar-refractivity contribution in [1.82, 2.24) is 0 Å². The molecular formula is C2H6Na2O4S3. The quantitative estimate of drug-likeness (QED) is 0.349. The first-order valence-electron chi connectivity index (χ1n) is 1.80. The Morgan fingerprint density at radius 1 is 1.45 bits per heavy atom. The van der Waals surface area contributed by atoms with Gasteiger partial charge in [0.15, 0.2) is 0 Å². The molecule has 0 atom stereocenters. The summed E-state index contributed by atoms with van der Waals surface area (Å²) in [5, 5.41) is 7.80. The molecule has 0 bridgehead atoms. The fourth-order valence-electron chi connectivity index (χ4n) is 0. The molecule has 0 aromatic heterocycles. The largest absolute Gasteiger partial charge is 1.00 e. The smallest absolute Gasteiger partial charge is 0.780 e. The fraction of sp³-hybridized carbons (Fsp3) is 1.00. The first-order valence-corrected chi connectivity index (χ1v) is 4.76. The summed E-state index contributed by atoms with van der Waals surface area (Å²) in [6, 6.07) is 0. The van der Waals surface area contributed by atoms with Gasteiger partial charge in [0.25, 0.3) is 0 Å². The Balaban J connectivity index is -0.0000000383. The van der Waals surface area contributed by atoms with Gasteiger partial charge in [0, 0.05) is 5.75 Å². The third-order valence-electron chi connectivity index (χ3n) is 0.1000. The third-order valence-corrected chi connectivity index (χ3v) is 0.300. The molecule has 0 aliphatic rings. The fourth-order valence-corrected chi connectivity index (χ4v) is 0. The minimum atomic E-state index is -4.33. The van der Waals surface area contributed by atoms with E-state index < -0.39 is 9.05 Å². The van der Waals surface area contributed by atoms with Gasteiger partial charge in [-0.1, -0.05) is 0 Å². The molecule has 0 amide bonds. The second-order valence-corrected chi connectivity index (χ2v) is 3.34. The van der Waals surface area contributed by atoms with Crippen molar-refractivity contribution in [1.29, 1.82) is 0 Å². The molecule has 0 fully saturated rings. The van der Waals surface area contributed by atoms with Gasteiger partial charge in [-0.3, -0.25) is 4.21 Å². The number of hydrogen-bond donors (Lipinski definition) is 2. The number of thiol groups is 1. The van der Waals surface area contributed by atoms with E-state index in [2.05, 4.69) is 23.8 Å². The molecule has 1 N–H and O–H groups in total. The van der Waals surface area contributed by atoms with Crippen molar-refractivity contribution in [2.24, 2.45) is 0 Å². The van der Waals surface area contributed by atoms with Crippen LogP contribution in [0.4, 0.5) is 0 Å². The van der Waals surface area contributed by atoms with Crippen molar-refractivity contribution < 1.29 is 77.5 Å². The van der Waals surface area contributed by atoms with Gasteiger partial charge in [-0.25, -0.2) is 0 Å². The Hall–Kier alpha value is 2.60. The third kappa shape index (κ3) is 109. The topological polar surface area (TPSA) is 83.4 Å². The van der Waals surface area contributed by atoms with Crippen LogP contribution < -0.4 is 59.1 Å². The van der Waals surface area contributed by atoms with Crippen LogP contribution in [0.2, 0.25) is 0 Å². The van der Waals surface area contributed by atoms with Crippen LogP contribution in [0, 0.1) is 0 Å². The Labute approximate surface area is 121 Å². The zero-order valence-electron chi connectivity index (χ0n) is 6.35. The van der Waals surface area contributed by atoms with E-state index in [0.29, 0.717) is 5.75 Å². The molecule has 0 aromatic carbocycles. The van der Waals surface area contributed by atoms with Crippen LogP contribution in [0.5, 0.6) is 0 Å². The van der Waals surface area contributed by atoms with E-state index in [0.717, 1.165) is 0 Å². The molecule has 0 spiro atoms. The maximum Gasteiger partial charge on any atom is 1.00 e. The Kier molecular flexibility index (Phi) is 32.1. The summed E-state index contributed by atoms with van der Waals surface area (Å²) in [6.07, 6.45) is 0. The molecule has 0 aliphatic carbocycles. The normalized spacial score (nSPS) is 8.00. The molecule has 9 heteroatoms. The molecule has 0 aromatic rings. The van der Waals surface area contributed by atoms with Crippen molar-refractivity contribution in [2.45, 2.75) is 0 Å². The minimum Gasteiger partial charge on any atom is -0.780 e. The van der Waals surface area contributed by atoms with Crippen molar-refractivity contribution in [3.8, 4) is 0 Å². The van der Waals surface area contributed by atoms with E-state index in [9.17, 15) is 0 Å². The monoisotopic (exact) mass is 236 g/mol. The van der Waals surface area contributed by atoms with E-state index in [-0.39, 0.29) is 65.7 Å². The van der Waals surface area contributed by atoms with E-state index in [4.69, 9.17) is 18.4 Å². The predicted molar refractivity (Wildman–Crippen MR) is 38.0 cm³/mol. The number of aliphatic hydroxyl groups is 1. The SMILES string of the molecule is O=S([O-])([O-])=S.OCCS.[Na+].[Na+]. The van der Waals surface area contributed by atoms with Crippen LogP contribution in [0.1, 0.15) is 0 Å². The number of aliphatic hydroxyl groups excluding tert-OH is 1. The van der Waals surface area contributed by atoms with Crippen LogP contribution >= 0.6 is 12.6 Å². The van der Waals surface area contributed by atoms with Gasteiger partial charge in [0.1, 0.15) is 0 Å². The summed E-state index contributed by atoms with van der Waals surface area (Å²) in [4.78, 5) is 0. The second kappa shape index (κ2) is 15.1. The summed E-state index contributed by atoms with van der Waals surface area (Å²) in [5.74, 6) is 0.569. The van der Waals surface area contributed by atoms with Crippen molar-refractivity contribution in [3.63, 3.8) is 0 Å². The van der Waals surface area contributed by atoms with Gasteiger partial charge in [0.2, 0.25) is 0 Å². The van der Waals surface area contributed by atoms with Crippen molar-refractivity contribution >= 4 is 32.9 Å². The van der Waals surface area contributed by atoms with Crippen LogP contribution in [-0.4, -0.2) is 30.8 Å². The van der Waals surface area contributed by atoms with Crippen molar-refractivity contribution in [2.75, 3.05) is 12.4 Å². The standard InChI is InChI=1S/C2H6OS.2Na.H2O3S2/c3-1-2-4;;;1-5(2,3)4/h3-4H,1-2H2;;;(H2,1,2,3,4)/q;2*+1;/p-2. The van der Waals surface area contributed by atoms with Gasteiger partial charge in [0.05, 0.1) is 6.61 Å². The Morgan fingerprint density at radius 2 is 1.55 bits per heavy atom. The molecule has 0 radical (unpaired) electrons. The molecule has 0 aliphatic heterocycles. The van der Waals surface area contributed by atoms with E-state index in [1.165, 1.54) is 0 Å². The van der Waals surface area contributed by atoms with E-state index >= 15 is 0 Å².